The monoisotopic (exact) mass is 340 g/mol. The predicted octanol–water partition coefficient (Wildman–Crippen LogP) is 2.36. The first-order chi connectivity index (χ1) is 12.3. The summed E-state index contributed by atoms with van der Waals surface area (Å²) >= 11 is 0. The van der Waals surface area contributed by atoms with E-state index in [0.29, 0.717) is 5.78 Å². The van der Waals surface area contributed by atoms with Gasteiger partial charge < -0.3 is 9.55 Å². The molecule has 4 rings (SSSR count). The van der Waals surface area contributed by atoms with Gasteiger partial charge in [-0.2, -0.15) is 0 Å². The van der Waals surface area contributed by atoms with E-state index in [4.69, 9.17) is 0 Å². The summed E-state index contributed by atoms with van der Waals surface area (Å²) in [6.45, 7) is 4.99. The highest BCUT2D eigenvalue weighted by atomic mass is 16.1. The molecule has 0 unspecified atom stereocenters. The first kappa shape index (κ1) is 16.1. The number of aromatic amines is 1. The zero-order chi connectivity index (χ0) is 17.2. The van der Waals surface area contributed by atoms with E-state index in [1.165, 1.54) is 12.8 Å². The molecule has 0 aliphatic carbocycles. The molecule has 7 heteroatoms. The summed E-state index contributed by atoms with van der Waals surface area (Å²) in [6, 6.07) is 1.92. The molecule has 0 aromatic carbocycles. The highest BCUT2D eigenvalue weighted by Gasteiger charge is 2.26. The predicted molar refractivity (Wildman–Crippen MR) is 95.3 cm³/mol. The van der Waals surface area contributed by atoms with Crippen molar-refractivity contribution in [2.24, 2.45) is 0 Å². The second-order valence-corrected chi connectivity index (χ2v) is 6.70. The fourth-order valence-corrected chi connectivity index (χ4v) is 3.77. The number of imidazole rings is 2. The molecule has 0 spiro atoms. The number of H-pyrrole nitrogens is 1. The maximum Gasteiger partial charge on any atom is 0.259 e. The number of likely N-dealkylation sites (tertiary alicyclic amines) is 1. The SMILES string of the molecule is CCCn1ccnc1CN1CCCC[C@H]1c1cc(=O)n2ccnc2[nH]1. The highest BCUT2D eigenvalue weighted by molar-refractivity contribution is 5.30. The van der Waals surface area contributed by atoms with Gasteiger partial charge in [-0.05, 0) is 25.8 Å². The largest absolute Gasteiger partial charge is 0.334 e. The van der Waals surface area contributed by atoms with Crippen molar-refractivity contribution >= 4 is 5.78 Å². The molecule has 3 aromatic heterocycles. The van der Waals surface area contributed by atoms with Gasteiger partial charge in [0.1, 0.15) is 5.82 Å². The van der Waals surface area contributed by atoms with Crippen LogP contribution in [0.25, 0.3) is 5.78 Å². The molecule has 1 fully saturated rings. The Morgan fingerprint density at radius 1 is 1.24 bits per heavy atom. The lowest BCUT2D eigenvalue weighted by Gasteiger charge is -2.35. The summed E-state index contributed by atoms with van der Waals surface area (Å²) in [5.41, 5.74) is 0.927. The summed E-state index contributed by atoms with van der Waals surface area (Å²) in [6.07, 6.45) is 11.8. The van der Waals surface area contributed by atoms with Crippen molar-refractivity contribution in [3.63, 3.8) is 0 Å². The smallest absolute Gasteiger partial charge is 0.259 e. The van der Waals surface area contributed by atoms with Gasteiger partial charge in [0.2, 0.25) is 5.78 Å². The lowest BCUT2D eigenvalue weighted by atomic mass is 9.99. The van der Waals surface area contributed by atoms with Gasteiger partial charge >= 0.3 is 0 Å². The average molecular weight is 340 g/mol. The van der Waals surface area contributed by atoms with E-state index in [1.807, 2.05) is 6.20 Å². The van der Waals surface area contributed by atoms with Crippen LogP contribution in [0.15, 0.2) is 35.6 Å². The van der Waals surface area contributed by atoms with Gasteiger partial charge in [0.25, 0.3) is 5.56 Å². The van der Waals surface area contributed by atoms with Crippen LogP contribution in [0.4, 0.5) is 0 Å². The molecule has 1 N–H and O–H groups in total. The van der Waals surface area contributed by atoms with Gasteiger partial charge in [0.15, 0.2) is 0 Å². The molecule has 3 aromatic rings. The first-order valence-electron chi connectivity index (χ1n) is 9.06. The molecule has 0 amide bonds. The summed E-state index contributed by atoms with van der Waals surface area (Å²) in [5.74, 6) is 1.71. The number of aryl methyl sites for hydroxylation is 1. The number of aromatic nitrogens is 5. The molecular formula is C18H24N6O. The Labute approximate surface area is 146 Å². The molecule has 7 nitrogen and oxygen atoms in total. The fourth-order valence-electron chi connectivity index (χ4n) is 3.77. The number of nitrogens with one attached hydrogen (secondary N) is 1. The van der Waals surface area contributed by atoms with Gasteiger partial charge in [0, 0.05) is 43.1 Å². The van der Waals surface area contributed by atoms with Crippen molar-refractivity contribution in [1.29, 1.82) is 0 Å². The average Bonchev–Trinajstić information content (AvgIpc) is 3.26. The normalized spacial score (nSPS) is 18.8. The third kappa shape index (κ3) is 3.11. The quantitative estimate of drug-likeness (QED) is 0.774. The number of rotatable bonds is 5. The van der Waals surface area contributed by atoms with Crippen LogP contribution in [0.2, 0.25) is 0 Å². The van der Waals surface area contributed by atoms with Crippen LogP contribution >= 0.6 is 0 Å². The Bertz CT molecular complexity index is 908. The van der Waals surface area contributed by atoms with Crippen molar-refractivity contribution < 1.29 is 0 Å². The van der Waals surface area contributed by atoms with E-state index in [1.54, 1.807) is 22.9 Å². The number of nitrogens with zero attached hydrogens (tertiary/aromatic N) is 5. The summed E-state index contributed by atoms with van der Waals surface area (Å²) in [5, 5.41) is 0. The molecule has 4 heterocycles. The topological polar surface area (TPSA) is 71.2 Å². The summed E-state index contributed by atoms with van der Waals surface area (Å²) in [7, 11) is 0. The summed E-state index contributed by atoms with van der Waals surface area (Å²) in [4.78, 5) is 26.9. The van der Waals surface area contributed by atoms with E-state index in [9.17, 15) is 4.79 Å². The maximum absolute atomic E-state index is 12.3. The van der Waals surface area contributed by atoms with E-state index in [0.717, 1.165) is 44.0 Å². The second kappa shape index (κ2) is 6.84. The van der Waals surface area contributed by atoms with E-state index in [-0.39, 0.29) is 11.6 Å². The lowest BCUT2D eigenvalue weighted by molar-refractivity contribution is 0.132. The number of hydrogen-bond donors (Lipinski definition) is 1. The highest BCUT2D eigenvalue weighted by Crippen LogP contribution is 2.30. The molecular weight excluding hydrogens is 316 g/mol. The maximum atomic E-state index is 12.3. The Kier molecular flexibility index (Phi) is 4.40. The number of piperidine rings is 1. The first-order valence-corrected chi connectivity index (χ1v) is 9.06. The fraction of sp³-hybridized carbons (Fsp3) is 0.500. The zero-order valence-corrected chi connectivity index (χ0v) is 14.6. The van der Waals surface area contributed by atoms with Crippen molar-refractivity contribution in [3.05, 3.63) is 52.7 Å². The van der Waals surface area contributed by atoms with Gasteiger partial charge in [-0.3, -0.25) is 14.1 Å². The van der Waals surface area contributed by atoms with Crippen LogP contribution in [0.1, 0.15) is 50.2 Å². The molecule has 1 saturated heterocycles. The minimum atomic E-state index is -0.0285. The minimum Gasteiger partial charge on any atom is -0.334 e. The Morgan fingerprint density at radius 2 is 2.12 bits per heavy atom. The molecule has 0 saturated carbocycles. The Balaban J connectivity index is 1.64. The summed E-state index contributed by atoms with van der Waals surface area (Å²) < 4.78 is 3.77. The van der Waals surface area contributed by atoms with Crippen LogP contribution in [0.5, 0.6) is 0 Å². The molecule has 1 atom stereocenters. The van der Waals surface area contributed by atoms with Crippen molar-refractivity contribution in [2.75, 3.05) is 6.54 Å². The molecule has 0 bridgehead atoms. The van der Waals surface area contributed by atoms with Crippen LogP contribution < -0.4 is 5.56 Å². The van der Waals surface area contributed by atoms with Crippen LogP contribution in [0, 0.1) is 0 Å². The lowest BCUT2D eigenvalue weighted by Crippen LogP contribution is -2.35. The van der Waals surface area contributed by atoms with Gasteiger partial charge in [-0.1, -0.05) is 13.3 Å². The second-order valence-electron chi connectivity index (χ2n) is 6.70. The van der Waals surface area contributed by atoms with Gasteiger partial charge in [-0.15, -0.1) is 0 Å². The van der Waals surface area contributed by atoms with E-state index < -0.39 is 0 Å². The van der Waals surface area contributed by atoms with E-state index >= 15 is 0 Å². The third-order valence-electron chi connectivity index (χ3n) is 5.00. The standard InChI is InChI=1S/C18H24N6O/c1-2-8-22-10-6-19-16(22)13-23-9-4-3-5-15(23)14-12-17(25)24-11-7-20-18(24)21-14/h6-7,10-12,15H,2-5,8-9,13H2,1H3,(H,20,21)/t15-/m0/s1. The number of hydrogen-bond acceptors (Lipinski definition) is 4. The van der Waals surface area contributed by atoms with Crippen LogP contribution in [-0.2, 0) is 13.1 Å². The van der Waals surface area contributed by atoms with Crippen molar-refractivity contribution in [1.82, 2.24) is 28.8 Å². The number of fused-ring (bicyclic) bond motifs is 1. The Hall–Kier alpha value is -2.41. The minimum absolute atomic E-state index is 0.0285. The van der Waals surface area contributed by atoms with Crippen molar-refractivity contribution in [2.45, 2.75) is 51.7 Å². The molecule has 0 radical (unpaired) electrons. The van der Waals surface area contributed by atoms with Crippen LogP contribution in [-0.4, -0.2) is 35.4 Å². The molecule has 132 valence electrons. The molecule has 25 heavy (non-hydrogen) atoms. The van der Waals surface area contributed by atoms with Gasteiger partial charge in [-0.25, -0.2) is 9.97 Å². The van der Waals surface area contributed by atoms with Crippen LogP contribution in [0.3, 0.4) is 0 Å². The van der Waals surface area contributed by atoms with Crippen molar-refractivity contribution in [3.8, 4) is 0 Å². The Morgan fingerprint density at radius 3 is 3.00 bits per heavy atom. The van der Waals surface area contributed by atoms with Gasteiger partial charge in [0.05, 0.1) is 12.6 Å². The van der Waals surface area contributed by atoms with E-state index in [2.05, 4.69) is 37.5 Å². The molecule has 1 aliphatic heterocycles. The molecule has 1 aliphatic rings. The zero-order valence-electron chi connectivity index (χ0n) is 14.6. The third-order valence-corrected chi connectivity index (χ3v) is 5.00.